The minimum atomic E-state index is -1.58. The highest BCUT2D eigenvalue weighted by molar-refractivity contribution is 5.89. The highest BCUT2D eigenvalue weighted by Crippen LogP contribution is 2.28. The average Bonchev–Trinajstić information content (AvgIpc) is 2.96. The van der Waals surface area contributed by atoms with Gasteiger partial charge in [0.05, 0.1) is 5.56 Å². The summed E-state index contributed by atoms with van der Waals surface area (Å²) in [6.07, 6.45) is 0.00596. The van der Waals surface area contributed by atoms with Gasteiger partial charge in [0.15, 0.2) is 0 Å². The van der Waals surface area contributed by atoms with Gasteiger partial charge in [0.2, 0.25) is 6.36 Å². The summed E-state index contributed by atoms with van der Waals surface area (Å²) in [7, 11) is 0. The third-order valence-electron chi connectivity index (χ3n) is 4.26. The number of unbranched alkanes of at least 4 members (excludes halogenated alkanes) is 2. The molecule has 1 aliphatic rings. The van der Waals surface area contributed by atoms with Gasteiger partial charge in [-0.3, -0.25) is 0 Å². The van der Waals surface area contributed by atoms with Crippen LogP contribution in [0.1, 0.15) is 49.9 Å². The Balaban J connectivity index is 1.93. The number of alkyl halides is 1. The van der Waals surface area contributed by atoms with E-state index < -0.39 is 30.6 Å². The maximum atomic E-state index is 14.3. The minimum Gasteiger partial charge on any atom is -0.459 e. The molecule has 1 saturated heterocycles. The fourth-order valence-corrected chi connectivity index (χ4v) is 2.73. The van der Waals surface area contributed by atoms with Gasteiger partial charge in [-0.15, -0.1) is 0 Å². The topological polar surface area (TPSA) is 54.0 Å². The molecule has 0 N–H and O–H groups in total. The van der Waals surface area contributed by atoms with Gasteiger partial charge in [0.1, 0.15) is 24.9 Å². The van der Waals surface area contributed by atoms with Crippen molar-refractivity contribution in [2.24, 2.45) is 0 Å². The van der Waals surface area contributed by atoms with E-state index in [0.717, 1.165) is 25.7 Å². The molecule has 1 aromatic rings. The summed E-state index contributed by atoms with van der Waals surface area (Å²) in [6.45, 7) is 4.98. The van der Waals surface area contributed by atoms with Gasteiger partial charge >= 0.3 is 5.97 Å². The van der Waals surface area contributed by atoms with Gasteiger partial charge < -0.3 is 18.9 Å². The number of carbonyl (C=O) groups is 1. The molecule has 1 aromatic carbocycles. The van der Waals surface area contributed by atoms with Crippen LogP contribution < -0.4 is 0 Å². The number of carbonyl (C=O) groups excluding carboxylic acids is 1. The zero-order valence-corrected chi connectivity index (χ0v) is 15.6. The van der Waals surface area contributed by atoms with Crippen LogP contribution in [0.15, 0.2) is 30.3 Å². The molecule has 146 valence electrons. The van der Waals surface area contributed by atoms with Crippen LogP contribution in [0.2, 0.25) is 0 Å². The van der Waals surface area contributed by atoms with Crippen molar-refractivity contribution in [2.75, 3.05) is 19.8 Å². The fraction of sp³-hybridized carbons (Fsp3) is 0.650. The minimum absolute atomic E-state index is 0.0709. The van der Waals surface area contributed by atoms with Crippen LogP contribution in [0.25, 0.3) is 0 Å². The molecule has 0 amide bonds. The Morgan fingerprint density at radius 2 is 1.65 bits per heavy atom. The average molecular weight is 368 g/mol. The number of hydrogen-bond donors (Lipinski definition) is 0. The molecule has 1 unspecified atom stereocenters. The normalized spacial score (nSPS) is 25.3. The second kappa shape index (κ2) is 11.3. The van der Waals surface area contributed by atoms with Crippen LogP contribution >= 0.6 is 0 Å². The Morgan fingerprint density at radius 3 is 2.27 bits per heavy atom. The lowest BCUT2D eigenvalue weighted by Gasteiger charge is -2.23. The highest BCUT2D eigenvalue weighted by atomic mass is 19.1. The first-order chi connectivity index (χ1) is 12.7. The molecule has 0 saturated carbocycles. The van der Waals surface area contributed by atoms with Gasteiger partial charge in [-0.2, -0.15) is 0 Å². The van der Waals surface area contributed by atoms with Gasteiger partial charge in [-0.05, 0) is 25.0 Å². The van der Waals surface area contributed by atoms with Gasteiger partial charge in [-0.25, -0.2) is 9.18 Å². The van der Waals surface area contributed by atoms with E-state index in [-0.39, 0.29) is 6.61 Å². The second-order valence-electron chi connectivity index (χ2n) is 6.37. The summed E-state index contributed by atoms with van der Waals surface area (Å²) in [4.78, 5) is 12.1. The summed E-state index contributed by atoms with van der Waals surface area (Å²) < 4.78 is 36.4. The zero-order chi connectivity index (χ0) is 18.8. The Kier molecular flexibility index (Phi) is 9.01. The Bertz CT molecular complexity index is 524. The lowest BCUT2D eigenvalue weighted by molar-refractivity contribution is -0.103. The van der Waals surface area contributed by atoms with E-state index in [1.807, 2.05) is 13.0 Å². The molecule has 6 heteroatoms. The molecular weight excluding hydrogens is 339 g/mol. The van der Waals surface area contributed by atoms with E-state index in [4.69, 9.17) is 18.9 Å². The highest BCUT2D eigenvalue weighted by Gasteiger charge is 2.47. The van der Waals surface area contributed by atoms with Gasteiger partial charge in [0, 0.05) is 13.2 Å². The van der Waals surface area contributed by atoms with Crippen LogP contribution in [0.5, 0.6) is 0 Å². The maximum absolute atomic E-state index is 14.3. The second-order valence-corrected chi connectivity index (χ2v) is 6.37. The Labute approximate surface area is 154 Å². The lowest BCUT2D eigenvalue weighted by atomic mass is 10.1. The number of rotatable bonds is 11. The predicted octanol–water partition coefficient (Wildman–Crippen LogP) is 3.91. The molecule has 1 fully saturated rings. The molecule has 1 aliphatic heterocycles. The molecule has 4 atom stereocenters. The summed E-state index contributed by atoms with van der Waals surface area (Å²) in [5.41, 5.74) is 0.446. The van der Waals surface area contributed by atoms with Crippen molar-refractivity contribution >= 4 is 5.97 Å². The first-order valence-electron chi connectivity index (χ1n) is 9.42. The van der Waals surface area contributed by atoms with E-state index in [2.05, 4.69) is 6.92 Å². The monoisotopic (exact) mass is 368 g/mol. The number of ether oxygens (including phenoxy) is 4. The number of halogens is 1. The number of esters is 1. The van der Waals surface area contributed by atoms with Crippen molar-refractivity contribution in [1.29, 1.82) is 0 Å². The maximum Gasteiger partial charge on any atom is 0.338 e. The van der Waals surface area contributed by atoms with Crippen LogP contribution in [0.4, 0.5) is 4.39 Å². The SMILES string of the molecule is CCCCOC1[C@@H](OCCCC)[C@H](F)O[C@@H]1COC(=O)c1ccccc1. The molecule has 0 aliphatic carbocycles. The van der Waals surface area contributed by atoms with E-state index in [9.17, 15) is 9.18 Å². The molecule has 0 radical (unpaired) electrons. The lowest BCUT2D eigenvalue weighted by Crippen LogP contribution is -2.39. The fourth-order valence-electron chi connectivity index (χ4n) is 2.73. The molecule has 26 heavy (non-hydrogen) atoms. The van der Waals surface area contributed by atoms with Crippen LogP contribution in [0, 0.1) is 0 Å². The van der Waals surface area contributed by atoms with Crippen LogP contribution in [0.3, 0.4) is 0 Å². The van der Waals surface area contributed by atoms with E-state index in [1.165, 1.54) is 0 Å². The first kappa shape index (κ1) is 20.8. The first-order valence-corrected chi connectivity index (χ1v) is 9.42. The smallest absolute Gasteiger partial charge is 0.338 e. The summed E-state index contributed by atoms with van der Waals surface area (Å²) in [5.74, 6) is -0.465. The van der Waals surface area contributed by atoms with Crippen molar-refractivity contribution < 1.29 is 28.1 Å². The molecule has 0 aromatic heterocycles. The van der Waals surface area contributed by atoms with Crippen molar-refractivity contribution in [3.63, 3.8) is 0 Å². The molecule has 0 bridgehead atoms. The summed E-state index contributed by atoms with van der Waals surface area (Å²) in [5, 5.41) is 0. The quantitative estimate of drug-likeness (QED) is 0.438. The zero-order valence-electron chi connectivity index (χ0n) is 15.6. The van der Waals surface area contributed by atoms with Crippen molar-refractivity contribution in [1.82, 2.24) is 0 Å². The predicted molar refractivity (Wildman–Crippen MR) is 95.8 cm³/mol. The largest absolute Gasteiger partial charge is 0.459 e. The van der Waals surface area contributed by atoms with Crippen molar-refractivity contribution in [3.05, 3.63) is 35.9 Å². The van der Waals surface area contributed by atoms with Crippen LogP contribution in [-0.2, 0) is 18.9 Å². The van der Waals surface area contributed by atoms with E-state index in [0.29, 0.717) is 18.8 Å². The molecule has 5 nitrogen and oxygen atoms in total. The molecule has 2 rings (SSSR count). The van der Waals surface area contributed by atoms with Gasteiger partial charge in [-0.1, -0.05) is 44.9 Å². The number of hydrogen-bond acceptors (Lipinski definition) is 5. The summed E-state index contributed by atoms with van der Waals surface area (Å²) in [6, 6.07) is 8.67. The summed E-state index contributed by atoms with van der Waals surface area (Å²) >= 11 is 0. The molecule has 1 heterocycles. The standard InChI is InChI=1S/C20H29FO5/c1-3-5-12-23-17-16(26-19(21)18(17)24-13-6-4-2)14-25-20(22)15-10-8-7-9-11-15/h7-11,16-19H,3-6,12-14H2,1-2H3/t16-,17?,18-,19-/m1/s1. The van der Waals surface area contributed by atoms with E-state index >= 15 is 0 Å². The van der Waals surface area contributed by atoms with E-state index in [1.54, 1.807) is 24.3 Å². The van der Waals surface area contributed by atoms with Crippen LogP contribution in [-0.4, -0.2) is 50.5 Å². The molecular formula is C20H29FO5. The third kappa shape index (κ3) is 6.04. The van der Waals surface area contributed by atoms with Crippen molar-refractivity contribution in [3.8, 4) is 0 Å². The molecule has 0 spiro atoms. The van der Waals surface area contributed by atoms with Crippen molar-refractivity contribution in [2.45, 2.75) is 64.2 Å². The van der Waals surface area contributed by atoms with Gasteiger partial charge in [0.25, 0.3) is 0 Å². The Morgan fingerprint density at radius 1 is 1.04 bits per heavy atom. The number of benzene rings is 1. The Hall–Kier alpha value is -1.50. The third-order valence-corrected chi connectivity index (χ3v) is 4.26.